The zero-order valence-electron chi connectivity index (χ0n) is 19.9. The number of benzene rings is 2. The second kappa shape index (κ2) is 10.6. The van der Waals surface area contributed by atoms with Gasteiger partial charge in [0, 0.05) is 43.8 Å². The molecule has 1 saturated heterocycles. The highest BCUT2D eigenvalue weighted by Crippen LogP contribution is 2.18. The number of hydrogen-bond acceptors (Lipinski definition) is 5. The molecular weight excluding hydrogens is 418 g/mol. The van der Waals surface area contributed by atoms with Crippen LogP contribution in [0.25, 0.3) is 0 Å². The lowest BCUT2D eigenvalue weighted by atomic mass is 9.95. The van der Waals surface area contributed by atoms with Crippen LogP contribution in [0.5, 0.6) is 0 Å². The fraction of sp³-hybridized carbons (Fsp3) is 0.423. The zero-order valence-corrected chi connectivity index (χ0v) is 19.9. The van der Waals surface area contributed by atoms with E-state index in [4.69, 9.17) is 4.74 Å². The lowest BCUT2D eigenvalue weighted by Crippen LogP contribution is -2.49. The number of ether oxygens (including phenoxy) is 1. The average Bonchev–Trinajstić information content (AvgIpc) is 2.77. The van der Waals surface area contributed by atoms with Gasteiger partial charge in [0.2, 0.25) is 5.91 Å². The molecule has 2 aromatic carbocycles. The molecule has 2 aromatic rings. The standard InChI is InChI=1S/C26H33N3O4/c1-19-7-5-8-20(15-19)17-28-11-13-29(14-12-28)23(30)18-33-24(31)21-9-6-10-22(16-21)27-25(32)26(2,3)4/h5-10,15-16H,11-14,17-18H2,1-4H3,(H,27,32). The topological polar surface area (TPSA) is 79.0 Å². The van der Waals surface area contributed by atoms with E-state index in [9.17, 15) is 14.4 Å². The molecule has 1 heterocycles. The van der Waals surface area contributed by atoms with Gasteiger partial charge in [-0.1, -0.05) is 56.7 Å². The molecule has 7 heteroatoms. The smallest absolute Gasteiger partial charge is 0.338 e. The van der Waals surface area contributed by atoms with Crippen LogP contribution in [0.2, 0.25) is 0 Å². The Bertz CT molecular complexity index is 1000. The Kier molecular flexibility index (Phi) is 7.87. The summed E-state index contributed by atoms with van der Waals surface area (Å²) in [7, 11) is 0. The van der Waals surface area contributed by atoms with Crippen LogP contribution in [0.15, 0.2) is 48.5 Å². The largest absolute Gasteiger partial charge is 0.452 e. The molecule has 1 fully saturated rings. The Hall–Kier alpha value is -3.19. The van der Waals surface area contributed by atoms with E-state index in [1.807, 2.05) is 20.8 Å². The Labute approximate surface area is 195 Å². The van der Waals surface area contributed by atoms with E-state index in [0.717, 1.165) is 19.6 Å². The monoisotopic (exact) mass is 451 g/mol. The minimum Gasteiger partial charge on any atom is -0.452 e. The third kappa shape index (κ3) is 7.15. The summed E-state index contributed by atoms with van der Waals surface area (Å²) >= 11 is 0. The third-order valence-electron chi connectivity index (χ3n) is 5.58. The van der Waals surface area contributed by atoms with Crippen LogP contribution in [0.3, 0.4) is 0 Å². The minimum atomic E-state index is -0.590. The highest BCUT2D eigenvalue weighted by Gasteiger charge is 2.23. The van der Waals surface area contributed by atoms with Gasteiger partial charge >= 0.3 is 5.97 Å². The molecule has 33 heavy (non-hydrogen) atoms. The lowest BCUT2D eigenvalue weighted by Gasteiger charge is -2.34. The van der Waals surface area contributed by atoms with Gasteiger partial charge in [-0.3, -0.25) is 14.5 Å². The number of hydrogen-bond donors (Lipinski definition) is 1. The first-order chi connectivity index (χ1) is 15.6. The number of carbonyl (C=O) groups is 3. The van der Waals surface area contributed by atoms with E-state index in [0.29, 0.717) is 18.8 Å². The van der Waals surface area contributed by atoms with Crippen molar-refractivity contribution < 1.29 is 19.1 Å². The van der Waals surface area contributed by atoms with Crippen molar-refractivity contribution in [2.45, 2.75) is 34.2 Å². The van der Waals surface area contributed by atoms with Crippen LogP contribution in [0.4, 0.5) is 5.69 Å². The van der Waals surface area contributed by atoms with Crippen molar-refractivity contribution in [2.75, 3.05) is 38.1 Å². The molecular formula is C26H33N3O4. The molecule has 2 amide bonds. The first-order valence-electron chi connectivity index (χ1n) is 11.3. The molecule has 176 valence electrons. The van der Waals surface area contributed by atoms with E-state index in [2.05, 4.69) is 41.4 Å². The summed E-state index contributed by atoms with van der Waals surface area (Å²) in [4.78, 5) is 41.2. The van der Waals surface area contributed by atoms with Crippen molar-refractivity contribution in [3.8, 4) is 0 Å². The molecule has 0 atom stereocenters. The average molecular weight is 452 g/mol. The fourth-order valence-corrected chi connectivity index (χ4v) is 3.57. The molecule has 0 bridgehead atoms. The summed E-state index contributed by atoms with van der Waals surface area (Å²) < 4.78 is 5.25. The third-order valence-corrected chi connectivity index (χ3v) is 5.58. The molecule has 0 radical (unpaired) electrons. The molecule has 0 unspecified atom stereocenters. The first kappa shape index (κ1) is 24.5. The fourth-order valence-electron chi connectivity index (χ4n) is 3.57. The second-order valence-corrected chi connectivity index (χ2v) is 9.51. The van der Waals surface area contributed by atoms with Gasteiger partial charge in [0.15, 0.2) is 6.61 Å². The maximum Gasteiger partial charge on any atom is 0.338 e. The SMILES string of the molecule is Cc1cccc(CN2CCN(C(=O)COC(=O)c3cccc(NC(=O)C(C)(C)C)c3)CC2)c1. The number of amides is 2. The van der Waals surface area contributed by atoms with Gasteiger partial charge in [0.05, 0.1) is 5.56 Å². The van der Waals surface area contributed by atoms with Crippen molar-refractivity contribution in [2.24, 2.45) is 5.41 Å². The quantitative estimate of drug-likeness (QED) is 0.681. The minimum absolute atomic E-state index is 0.148. The predicted octanol–water partition coefficient (Wildman–Crippen LogP) is 3.48. The number of aryl methyl sites for hydroxylation is 1. The van der Waals surface area contributed by atoms with Gasteiger partial charge in [-0.15, -0.1) is 0 Å². The van der Waals surface area contributed by atoms with Crippen LogP contribution in [0.1, 0.15) is 42.3 Å². The maximum absolute atomic E-state index is 12.5. The summed E-state index contributed by atoms with van der Waals surface area (Å²) in [6.45, 7) is 10.9. The number of carbonyl (C=O) groups excluding carboxylic acids is 3. The molecule has 0 saturated carbocycles. The van der Waals surface area contributed by atoms with E-state index < -0.39 is 11.4 Å². The number of rotatable bonds is 6. The summed E-state index contributed by atoms with van der Waals surface area (Å²) in [5.74, 6) is -0.936. The number of piperazine rings is 1. The second-order valence-electron chi connectivity index (χ2n) is 9.51. The maximum atomic E-state index is 12.5. The number of anilines is 1. The van der Waals surface area contributed by atoms with Crippen LogP contribution in [-0.4, -0.2) is 60.4 Å². The Morgan fingerprint density at radius 1 is 0.970 bits per heavy atom. The van der Waals surface area contributed by atoms with E-state index in [1.54, 1.807) is 29.2 Å². The number of nitrogens with one attached hydrogen (secondary N) is 1. The van der Waals surface area contributed by atoms with Crippen LogP contribution in [0, 0.1) is 12.3 Å². The molecule has 3 rings (SSSR count). The van der Waals surface area contributed by atoms with Crippen LogP contribution in [-0.2, 0) is 20.9 Å². The van der Waals surface area contributed by atoms with Crippen LogP contribution >= 0.6 is 0 Å². The highest BCUT2D eigenvalue weighted by atomic mass is 16.5. The molecule has 0 aliphatic carbocycles. The van der Waals surface area contributed by atoms with E-state index in [-0.39, 0.29) is 24.0 Å². The molecule has 1 N–H and O–H groups in total. The number of esters is 1. The first-order valence-corrected chi connectivity index (χ1v) is 11.3. The number of nitrogens with zero attached hydrogens (tertiary/aromatic N) is 2. The van der Waals surface area contributed by atoms with Crippen molar-refractivity contribution in [1.29, 1.82) is 0 Å². The molecule has 0 spiro atoms. The van der Waals surface area contributed by atoms with Crippen molar-refractivity contribution in [3.05, 3.63) is 65.2 Å². The van der Waals surface area contributed by atoms with Crippen molar-refractivity contribution >= 4 is 23.5 Å². The summed E-state index contributed by atoms with van der Waals surface area (Å²) in [5, 5.41) is 2.79. The van der Waals surface area contributed by atoms with E-state index >= 15 is 0 Å². The van der Waals surface area contributed by atoms with Crippen LogP contribution < -0.4 is 5.32 Å². The lowest BCUT2D eigenvalue weighted by molar-refractivity contribution is -0.136. The predicted molar refractivity (Wildman–Crippen MR) is 128 cm³/mol. The summed E-state index contributed by atoms with van der Waals surface area (Å²) in [6.07, 6.45) is 0. The Morgan fingerprint density at radius 2 is 1.67 bits per heavy atom. The van der Waals surface area contributed by atoms with Crippen molar-refractivity contribution in [3.63, 3.8) is 0 Å². The van der Waals surface area contributed by atoms with Crippen molar-refractivity contribution in [1.82, 2.24) is 9.80 Å². The molecule has 1 aliphatic heterocycles. The van der Waals surface area contributed by atoms with Gasteiger partial charge < -0.3 is 15.0 Å². The summed E-state index contributed by atoms with van der Waals surface area (Å²) in [6, 6.07) is 15.0. The van der Waals surface area contributed by atoms with Gasteiger partial charge in [-0.25, -0.2) is 4.79 Å². The van der Waals surface area contributed by atoms with Gasteiger partial charge in [-0.2, -0.15) is 0 Å². The van der Waals surface area contributed by atoms with E-state index in [1.165, 1.54) is 11.1 Å². The normalized spacial score (nSPS) is 14.6. The summed E-state index contributed by atoms with van der Waals surface area (Å²) in [5.41, 5.74) is 2.76. The molecule has 1 aliphatic rings. The highest BCUT2D eigenvalue weighted by molar-refractivity contribution is 5.97. The van der Waals surface area contributed by atoms with Gasteiger partial charge in [-0.05, 0) is 30.7 Å². The Morgan fingerprint density at radius 3 is 2.33 bits per heavy atom. The van der Waals surface area contributed by atoms with Gasteiger partial charge in [0.1, 0.15) is 0 Å². The Balaban J connectivity index is 1.46. The molecule has 0 aromatic heterocycles. The molecule has 7 nitrogen and oxygen atoms in total. The van der Waals surface area contributed by atoms with Gasteiger partial charge in [0.25, 0.3) is 5.91 Å². The zero-order chi connectivity index (χ0) is 24.0.